The van der Waals surface area contributed by atoms with E-state index < -0.39 is 0 Å². The summed E-state index contributed by atoms with van der Waals surface area (Å²) in [6.07, 6.45) is 1.56. The number of hydrogen-bond donors (Lipinski definition) is 1. The number of rotatable bonds is 7. The molecule has 1 N–H and O–H groups in total. The maximum Gasteiger partial charge on any atom is 0.256 e. The summed E-state index contributed by atoms with van der Waals surface area (Å²) in [6, 6.07) is 16.7. The Morgan fingerprint density at radius 2 is 1.75 bits per heavy atom. The van der Waals surface area contributed by atoms with Crippen LogP contribution in [0.25, 0.3) is 0 Å². The number of hydrogen-bond acceptors (Lipinski definition) is 5. The fraction of sp³-hybridized carbons (Fsp3) is 0.143. The molecule has 3 rings (SSSR count). The van der Waals surface area contributed by atoms with Gasteiger partial charge in [-0.2, -0.15) is 0 Å². The predicted molar refractivity (Wildman–Crippen MR) is 115 cm³/mol. The molecule has 0 spiro atoms. The second kappa shape index (κ2) is 9.41. The van der Waals surface area contributed by atoms with Crippen LogP contribution in [0.15, 0.2) is 60.8 Å². The van der Waals surface area contributed by atoms with Crippen LogP contribution in [-0.4, -0.2) is 25.1 Å². The van der Waals surface area contributed by atoms with Gasteiger partial charge in [-0.25, -0.2) is 4.98 Å². The lowest BCUT2D eigenvalue weighted by atomic mass is 10.2. The summed E-state index contributed by atoms with van der Waals surface area (Å²) in [5, 5.41) is 2.83. The Hall–Kier alpha value is -2.81. The van der Waals surface area contributed by atoms with Crippen LogP contribution in [0.4, 0.5) is 5.69 Å². The molecule has 0 atom stereocenters. The van der Waals surface area contributed by atoms with E-state index >= 15 is 0 Å². The number of nitrogens with one attached hydrogen (secondary N) is 1. The first-order valence-corrected chi connectivity index (χ1v) is 9.54. The van der Waals surface area contributed by atoms with Gasteiger partial charge in [0.15, 0.2) is 11.5 Å². The minimum atomic E-state index is -0.259. The van der Waals surface area contributed by atoms with Crippen LogP contribution in [-0.2, 0) is 6.61 Å². The second-order valence-electron chi connectivity index (χ2n) is 5.80. The summed E-state index contributed by atoms with van der Waals surface area (Å²) in [6.45, 7) is 0.434. The SMILES string of the molecule is COc1cc(I)c(C(=O)Nc2ccc(OCc3ccccc3)nc2)cc1OC. The number of carbonyl (C=O) groups excluding carboxylic acids is 1. The maximum atomic E-state index is 12.6. The van der Waals surface area contributed by atoms with Crippen molar-refractivity contribution in [2.45, 2.75) is 6.61 Å². The molecule has 0 aliphatic heterocycles. The van der Waals surface area contributed by atoms with E-state index in [-0.39, 0.29) is 5.91 Å². The van der Waals surface area contributed by atoms with Crippen molar-refractivity contribution in [1.29, 1.82) is 0 Å². The van der Waals surface area contributed by atoms with E-state index in [0.29, 0.717) is 35.2 Å². The van der Waals surface area contributed by atoms with Gasteiger partial charge in [0.25, 0.3) is 5.91 Å². The number of aromatic nitrogens is 1. The second-order valence-corrected chi connectivity index (χ2v) is 6.96. The van der Waals surface area contributed by atoms with Crippen molar-refractivity contribution in [3.8, 4) is 17.4 Å². The Kier molecular flexibility index (Phi) is 6.70. The summed E-state index contributed by atoms with van der Waals surface area (Å²) < 4.78 is 16.9. The Labute approximate surface area is 177 Å². The molecular formula is C21H19IN2O4. The van der Waals surface area contributed by atoms with Gasteiger partial charge in [0.2, 0.25) is 5.88 Å². The zero-order chi connectivity index (χ0) is 19.9. The third kappa shape index (κ3) is 4.92. The number of carbonyl (C=O) groups is 1. The minimum absolute atomic E-state index is 0.259. The van der Waals surface area contributed by atoms with E-state index in [1.165, 1.54) is 7.11 Å². The topological polar surface area (TPSA) is 69.7 Å². The first-order valence-electron chi connectivity index (χ1n) is 8.46. The molecule has 1 heterocycles. The van der Waals surface area contributed by atoms with Gasteiger partial charge < -0.3 is 19.5 Å². The van der Waals surface area contributed by atoms with Crippen LogP contribution in [0.5, 0.6) is 17.4 Å². The van der Waals surface area contributed by atoms with E-state index in [2.05, 4.69) is 32.9 Å². The summed E-state index contributed by atoms with van der Waals surface area (Å²) in [4.78, 5) is 16.9. The molecule has 0 radical (unpaired) electrons. The maximum absolute atomic E-state index is 12.6. The highest BCUT2D eigenvalue weighted by Gasteiger charge is 2.16. The fourth-order valence-electron chi connectivity index (χ4n) is 2.50. The van der Waals surface area contributed by atoms with Crippen LogP contribution in [0.1, 0.15) is 15.9 Å². The summed E-state index contributed by atoms with van der Waals surface area (Å²) in [7, 11) is 3.09. The number of halogens is 1. The monoisotopic (exact) mass is 490 g/mol. The average Bonchev–Trinajstić information content (AvgIpc) is 2.73. The standard InChI is InChI=1S/C21H19IN2O4/c1-26-18-10-16(17(22)11-19(18)27-2)21(25)24-15-8-9-20(23-12-15)28-13-14-6-4-3-5-7-14/h3-12H,13H2,1-2H3,(H,24,25). The van der Waals surface area contributed by atoms with E-state index in [9.17, 15) is 4.79 Å². The molecule has 0 fully saturated rings. The first kappa shape index (κ1) is 19.9. The van der Waals surface area contributed by atoms with Crippen molar-refractivity contribution in [2.75, 3.05) is 19.5 Å². The Morgan fingerprint density at radius 1 is 1.04 bits per heavy atom. The van der Waals surface area contributed by atoms with Gasteiger partial charge >= 0.3 is 0 Å². The molecule has 0 aliphatic carbocycles. The zero-order valence-electron chi connectivity index (χ0n) is 15.4. The Morgan fingerprint density at radius 3 is 2.39 bits per heavy atom. The number of pyridine rings is 1. The lowest BCUT2D eigenvalue weighted by molar-refractivity contribution is 0.102. The van der Waals surface area contributed by atoms with Crippen LogP contribution in [0.2, 0.25) is 0 Å². The number of methoxy groups -OCH3 is 2. The Balaban J connectivity index is 1.66. The smallest absolute Gasteiger partial charge is 0.256 e. The van der Waals surface area contributed by atoms with Crippen molar-refractivity contribution in [3.05, 3.63) is 75.5 Å². The van der Waals surface area contributed by atoms with E-state index in [4.69, 9.17) is 14.2 Å². The van der Waals surface area contributed by atoms with Crippen molar-refractivity contribution in [3.63, 3.8) is 0 Å². The molecule has 1 aromatic heterocycles. The molecule has 144 valence electrons. The molecule has 28 heavy (non-hydrogen) atoms. The van der Waals surface area contributed by atoms with Gasteiger partial charge in [0.1, 0.15) is 6.61 Å². The minimum Gasteiger partial charge on any atom is -0.493 e. The molecule has 6 nitrogen and oxygen atoms in total. The Bertz CT molecular complexity index is 947. The number of amides is 1. The van der Waals surface area contributed by atoms with Gasteiger partial charge in [0.05, 0.1) is 31.7 Å². The van der Waals surface area contributed by atoms with E-state index in [1.54, 1.807) is 37.6 Å². The molecule has 1 amide bonds. The van der Waals surface area contributed by atoms with Gasteiger partial charge in [-0.3, -0.25) is 4.79 Å². The highest BCUT2D eigenvalue weighted by atomic mass is 127. The molecular weight excluding hydrogens is 471 g/mol. The van der Waals surface area contributed by atoms with Crippen molar-refractivity contribution in [2.24, 2.45) is 0 Å². The van der Waals surface area contributed by atoms with Gasteiger partial charge in [-0.15, -0.1) is 0 Å². The van der Waals surface area contributed by atoms with Crippen molar-refractivity contribution >= 4 is 34.2 Å². The van der Waals surface area contributed by atoms with Gasteiger partial charge in [-0.1, -0.05) is 30.3 Å². The quantitative estimate of drug-likeness (QED) is 0.493. The van der Waals surface area contributed by atoms with Gasteiger partial charge in [-0.05, 0) is 46.4 Å². The summed E-state index contributed by atoms with van der Waals surface area (Å²) >= 11 is 2.09. The molecule has 0 aliphatic rings. The third-order valence-corrected chi connectivity index (χ3v) is 4.83. The summed E-state index contributed by atoms with van der Waals surface area (Å²) in [5.41, 5.74) is 2.12. The van der Waals surface area contributed by atoms with Crippen molar-refractivity contribution < 1.29 is 19.0 Å². The van der Waals surface area contributed by atoms with E-state index in [0.717, 1.165) is 9.13 Å². The van der Waals surface area contributed by atoms with E-state index in [1.807, 2.05) is 30.3 Å². The zero-order valence-corrected chi connectivity index (χ0v) is 17.6. The molecule has 0 unspecified atom stereocenters. The van der Waals surface area contributed by atoms with Crippen LogP contribution < -0.4 is 19.5 Å². The largest absolute Gasteiger partial charge is 0.493 e. The van der Waals surface area contributed by atoms with Crippen LogP contribution in [0, 0.1) is 3.57 Å². The molecule has 2 aromatic carbocycles. The van der Waals surface area contributed by atoms with Crippen molar-refractivity contribution in [1.82, 2.24) is 4.98 Å². The number of anilines is 1. The summed E-state index contributed by atoms with van der Waals surface area (Å²) in [5.74, 6) is 1.30. The molecule has 0 bridgehead atoms. The van der Waals surface area contributed by atoms with Crippen LogP contribution in [0.3, 0.4) is 0 Å². The molecule has 0 saturated carbocycles. The highest BCUT2D eigenvalue weighted by Crippen LogP contribution is 2.31. The predicted octanol–water partition coefficient (Wildman–Crippen LogP) is 4.53. The van der Waals surface area contributed by atoms with Crippen LogP contribution >= 0.6 is 22.6 Å². The highest BCUT2D eigenvalue weighted by molar-refractivity contribution is 14.1. The van der Waals surface area contributed by atoms with Gasteiger partial charge in [0, 0.05) is 9.64 Å². The average molecular weight is 490 g/mol. The number of benzene rings is 2. The first-order chi connectivity index (χ1) is 13.6. The molecule has 0 saturated heterocycles. The lowest BCUT2D eigenvalue weighted by Gasteiger charge is -2.12. The fourth-order valence-corrected chi connectivity index (χ4v) is 3.18. The number of nitrogens with zero attached hydrogens (tertiary/aromatic N) is 1. The lowest BCUT2D eigenvalue weighted by Crippen LogP contribution is -2.14. The molecule has 3 aromatic rings. The number of ether oxygens (including phenoxy) is 3. The third-order valence-electron chi connectivity index (χ3n) is 3.94. The normalized spacial score (nSPS) is 10.2. The molecule has 7 heteroatoms.